The second kappa shape index (κ2) is 5.09. The molecule has 0 atom stereocenters. The number of carboxylic acids is 1. The van der Waals surface area contributed by atoms with Crippen LogP contribution in [0.4, 0.5) is 0 Å². The molecule has 0 N–H and O–H groups in total. The fourth-order valence-corrected chi connectivity index (χ4v) is 0.870. The molecule has 0 unspecified atom stereocenters. The summed E-state index contributed by atoms with van der Waals surface area (Å²) >= 11 is 0. The summed E-state index contributed by atoms with van der Waals surface area (Å²) in [4.78, 5) is 31.9. The Labute approximate surface area is 102 Å². The van der Waals surface area contributed by atoms with Crippen molar-refractivity contribution in [2.75, 3.05) is 7.11 Å². The molecular formula is C8H5NaO5. The van der Waals surface area contributed by atoms with Gasteiger partial charge in [-0.25, -0.2) is 0 Å². The predicted octanol–water partition coefficient (Wildman–Crippen LogP) is -4.65. The molecule has 68 valence electrons. The second-order valence-corrected chi connectivity index (χ2v) is 2.29. The van der Waals surface area contributed by atoms with Gasteiger partial charge < -0.3 is 14.6 Å². The predicted molar refractivity (Wildman–Crippen MR) is 38.2 cm³/mol. The molecule has 1 rings (SSSR count). The van der Waals surface area contributed by atoms with Crippen LogP contribution in [0.1, 0.15) is 0 Å². The number of ether oxygens (including phenoxy) is 1. The topological polar surface area (TPSA) is 83.5 Å². The van der Waals surface area contributed by atoms with Gasteiger partial charge in [0.2, 0.25) is 11.6 Å². The van der Waals surface area contributed by atoms with Crippen molar-refractivity contribution in [3.05, 3.63) is 23.5 Å². The summed E-state index contributed by atoms with van der Waals surface area (Å²) in [5.41, 5.74) is -0.410. The molecule has 14 heavy (non-hydrogen) atoms. The van der Waals surface area contributed by atoms with Crippen LogP contribution in [0.3, 0.4) is 0 Å². The van der Waals surface area contributed by atoms with Crippen LogP contribution in [0.15, 0.2) is 23.5 Å². The Morgan fingerprint density at radius 1 is 1.29 bits per heavy atom. The van der Waals surface area contributed by atoms with Crippen molar-refractivity contribution < 1.29 is 53.8 Å². The third-order valence-corrected chi connectivity index (χ3v) is 1.49. The Hall–Kier alpha value is -0.910. The van der Waals surface area contributed by atoms with Crippen molar-refractivity contribution in [1.29, 1.82) is 0 Å². The Morgan fingerprint density at radius 2 is 1.79 bits per heavy atom. The van der Waals surface area contributed by atoms with Crippen LogP contribution in [-0.4, -0.2) is 24.6 Å². The third-order valence-electron chi connectivity index (χ3n) is 1.49. The number of methoxy groups -OCH3 is 1. The van der Waals surface area contributed by atoms with Crippen molar-refractivity contribution in [3.63, 3.8) is 0 Å². The zero-order chi connectivity index (χ0) is 10.0. The number of carboxylic acid groups (broad SMARTS) is 1. The quantitative estimate of drug-likeness (QED) is 0.256. The average Bonchev–Trinajstić information content (AvgIpc) is 2.08. The fraction of sp³-hybridized carbons (Fsp3) is 0.125. The molecule has 6 heteroatoms. The first kappa shape index (κ1) is 13.1. The molecule has 0 aromatic heterocycles. The summed E-state index contributed by atoms with van der Waals surface area (Å²) < 4.78 is 4.58. The van der Waals surface area contributed by atoms with Crippen molar-refractivity contribution in [3.8, 4) is 0 Å². The van der Waals surface area contributed by atoms with Crippen LogP contribution in [-0.2, 0) is 19.1 Å². The number of carbonyl (C=O) groups is 3. The standard InChI is InChI=1S/C8H6O5.Na/c1-13-7-3-6(10)5(9)2-4(7)8(11)12;/h2-3H,1H3,(H,11,12);/q;+1/p-1. The number of ketones is 2. The second-order valence-electron chi connectivity index (χ2n) is 2.29. The van der Waals surface area contributed by atoms with Crippen molar-refractivity contribution in [1.82, 2.24) is 0 Å². The first-order chi connectivity index (χ1) is 6.06. The average molecular weight is 204 g/mol. The van der Waals surface area contributed by atoms with E-state index in [0.717, 1.165) is 6.08 Å². The normalized spacial score (nSPS) is 15.2. The Morgan fingerprint density at radius 3 is 2.21 bits per heavy atom. The number of rotatable bonds is 2. The number of allylic oxidation sites excluding steroid dienone is 2. The summed E-state index contributed by atoms with van der Waals surface area (Å²) in [6.45, 7) is 0. The summed E-state index contributed by atoms with van der Waals surface area (Å²) in [5, 5.41) is 10.4. The Bertz CT molecular complexity index is 353. The fourth-order valence-electron chi connectivity index (χ4n) is 0.870. The SMILES string of the molecule is COC1=CC(=O)C(=O)C=C1C(=O)[O-].[Na+]. The Balaban J connectivity index is 0.00000169. The van der Waals surface area contributed by atoms with Gasteiger partial charge >= 0.3 is 29.6 Å². The van der Waals surface area contributed by atoms with E-state index in [4.69, 9.17) is 0 Å². The van der Waals surface area contributed by atoms with Crippen LogP contribution in [0, 0.1) is 0 Å². The molecule has 0 bridgehead atoms. The molecule has 0 aliphatic heterocycles. The minimum Gasteiger partial charge on any atom is -0.545 e. The summed E-state index contributed by atoms with van der Waals surface area (Å²) in [6.07, 6.45) is 1.52. The first-order valence-corrected chi connectivity index (χ1v) is 3.33. The molecule has 0 radical (unpaired) electrons. The van der Waals surface area contributed by atoms with Crippen LogP contribution in [0.25, 0.3) is 0 Å². The maximum atomic E-state index is 10.8. The van der Waals surface area contributed by atoms with E-state index in [2.05, 4.69) is 4.74 Å². The third kappa shape index (κ3) is 2.54. The van der Waals surface area contributed by atoms with E-state index in [1.165, 1.54) is 7.11 Å². The molecule has 0 saturated heterocycles. The number of carbonyl (C=O) groups excluding carboxylic acids is 3. The van der Waals surface area contributed by atoms with Crippen LogP contribution < -0.4 is 34.7 Å². The molecule has 0 aromatic rings. The maximum Gasteiger partial charge on any atom is 1.00 e. The maximum absolute atomic E-state index is 10.8. The van der Waals surface area contributed by atoms with E-state index >= 15 is 0 Å². The van der Waals surface area contributed by atoms with Crippen molar-refractivity contribution in [2.45, 2.75) is 0 Å². The molecular weight excluding hydrogens is 199 g/mol. The van der Waals surface area contributed by atoms with Gasteiger partial charge in [-0.2, -0.15) is 0 Å². The molecule has 0 aromatic carbocycles. The van der Waals surface area contributed by atoms with E-state index in [0.29, 0.717) is 6.08 Å². The van der Waals surface area contributed by atoms with Crippen LogP contribution >= 0.6 is 0 Å². The molecule has 0 fully saturated rings. The van der Waals surface area contributed by atoms with E-state index in [1.807, 2.05) is 0 Å². The molecule has 1 aliphatic carbocycles. The number of aliphatic carboxylic acids is 1. The van der Waals surface area contributed by atoms with Gasteiger partial charge in [0.05, 0.1) is 13.1 Å². The number of hydrogen-bond acceptors (Lipinski definition) is 5. The van der Waals surface area contributed by atoms with Gasteiger partial charge in [-0.15, -0.1) is 0 Å². The van der Waals surface area contributed by atoms with Gasteiger partial charge in [0.25, 0.3) is 0 Å². The first-order valence-electron chi connectivity index (χ1n) is 3.33. The molecule has 0 spiro atoms. The monoisotopic (exact) mass is 204 g/mol. The zero-order valence-corrected chi connectivity index (χ0v) is 9.70. The molecule has 5 nitrogen and oxygen atoms in total. The smallest absolute Gasteiger partial charge is 0.545 e. The van der Waals surface area contributed by atoms with E-state index < -0.39 is 23.1 Å². The van der Waals surface area contributed by atoms with Gasteiger partial charge in [0, 0.05) is 17.7 Å². The van der Waals surface area contributed by atoms with Gasteiger partial charge in [0.1, 0.15) is 5.76 Å². The van der Waals surface area contributed by atoms with Gasteiger partial charge in [-0.05, 0) is 0 Å². The number of hydrogen-bond donors (Lipinski definition) is 0. The minimum atomic E-state index is -1.55. The van der Waals surface area contributed by atoms with E-state index in [-0.39, 0.29) is 35.3 Å². The van der Waals surface area contributed by atoms with Crippen LogP contribution in [0.5, 0.6) is 0 Å². The molecule has 0 saturated carbocycles. The van der Waals surface area contributed by atoms with Gasteiger partial charge in [-0.3, -0.25) is 9.59 Å². The summed E-state index contributed by atoms with van der Waals surface area (Å²) in [6, 6.07) is 0. The summed E-state index contributed by atoms with van der Waals surface area (Å²) in [5.74, 6) is -3.40. The molecule has 0 heterocycles. The van der Waals surface area contributed by atoms with Crippen LogP contribution in [0.2, 0.25) is 0 Å². The molecule has 1 aliphatic rings. The van der Waals surface area contributed by atoms with Gasteiger partial charge in [-0.1, -0.05) is 0 Å². The zero-order valence-electron chi connectivity index (χ0n) is 7.70. The minimum absolute atomic E-state index is 0. The largest absolute Gasteiger partial charge is 1.00 e. The van der Waals surface area contributed by atoms with Crippen molar-refractivity contribution >= 4 is 17.5 Å². The van der Waals surface area contributed by atoms with E-state index in [1.54, 1.807) is 0 Å². The van der Waals surface area contributed by atoms with Crippen molar-refractivity contribution in [2.24, 2.45) is 0 Å². The van der Waals surface area contributed by atoms with E-state index in [9.17, 15) is 19.5 Å². The van der Waals surface area contributed by atoms with Gasteiger partial charge in [0.15, 0.2) is 0 Å². The summed E-state index contributed by atoms with van der Waals surface area (Å²) in [7, 11) is 1.20. The molecule has 0 amide bonds. The Kier molecular flexibility index (Phi) is 4.76.